The number of carbonyl (C=O) groups is 1. The summed E-state index contributed by atoms with van der Waals surface area (Å²) >= 11 is 1.87. The molecule has 6 rings (SSSR count). The van der Waals surface area contributed by atoms with Gasteiger partial charge in [-0.25, -0.2) is 9.97 Å². The maximum absolute atomic E-state index is 13.2. The molecular formula is C27H32N4O3S. The monoisotopic (exact) mass is 492 g/mol. The average Bonchev–Trinajstić information content (AvgIpc) is 3.50. The highest BCUT2D eigenvalue weighted by molar-refractivity contribution is 7.19. The Morgan fingerprint density at radius 3 is 2.77 bits per heavy atom. The van der Waals surface area contributed by atoms with Gasteiger partial charge in [0.25, 0.3) is 5.91 Å². The summed E-state index contributed by atoms with van der Waals surface area (Å²) in [5.41, 5.74) is 2.11. The van der Waals surface area contributed by atoms with Gasteiger partial charge >= 0.3 is 0 Å². The third-order valence-corrected chi connectivity index (χ3v) is 8.84. The van der Waals surface area contributed by atoms with Crippen LogP contribution in [0.25, 0.3) is 10.2 Å². The van der Waals surface area contributed by atoms with Crippen molar-refractivity contribution in [2.75, 3.05) is 37.9 Å². The number of anilines is 1. The predicted octanol–water partition coefficient (Wildman–Crippen LogP) is 5.02. The topological polar surface area (TPSA) is 67.8 Å². The molecule has 3 aliphatic rings. The molecule has 7 nitrogen and oxygen atoms in total. The first-order valence-corrected chi connectivity index (χ1v) is 13.6. The number of aryl methyl sites for hydroxylation is 1. The molecule has 0 saturated carbocycles. The fourth-order valence-electron chi connectivity index (χ4n) is 5.30. The van der Waals surface area contributed by atoms with Gasteiger partial charge in [-0.15, -0.1) is 11.3 Å². The number of carbonyl (C=O) groups excluding carboxylic acids is 1. The zero-order valence-corrected chi connectivity index (χ0v) is 21.5. The molecule has 1 amide bonds. The van der Waals surface area contributed by atoms with Crippen LogP contribution in [0.2, 0.25) is 0 Å². The second-order valence-electron chi connectivity index (χ2n) is 10.1. The molecule has 8 heteroatoms. The summed E-state index contributed by atoms with van der Waals surface area (Å²) < 4.78 is 10.8. The summed E-state index contributed by atoms with van der Waals surface area (Å²) in [6.07, 6.45) is 4.50. The number of hydrogen-bond acceptors (Lipinski definition) is 7. The lowest BCUT2D eigenvalue weighted by Gasteiger charge is -2.36. The molecular weight excluding hydrogens is 460 g/mol. The van der Waals surface area contributed by atoms with Crippen LogP contribution in [0.3, 0.4) is 0 Å². The number of benzene rings is 1. The van der Waals surface area contributed by atoms with Crippen molar-refractivity contribution < 1.29 is 14.3 Å². The van der Waals surface area contributed by atoms with Crippen LogP contribution in [0.5, 0.6) is 11.5 Å². The van der Waals surface area contributed by atoms with Crippen molar-refractivity contribution in [3.05, 3.63) is 40.0 Å². The lowest BCUT2D eigenvalue weighted by molar-refractivity contribution is 0.0746. The first-order valence-electron chi connectivity index (χ1n) is 12.8. The Labute approximate surface area is 210 Å². The van der Waals surface area contributed by atoms with E-state index in [0.717, 1.165) is 54.7 Å². The van der Waals surface area contributed by atoms with Gasteiger partial charge in [-0.05, 0) is 55.4 Å². The van der Waals surface area contributed by atoms with Gasteiger partial charge in [0.15, 0.2) is 11.5 Å². The van der Waals surface area contributed by atoms with Crippen LogP contribution in [0.15, 0.2) is 18.2 Å². The van der Waals surface area contributed by atoms with E-state index in [0.29, 0.717) is 36.1 Å². The van der Waals surface area contributed by atoms with Crippen LogP contribution in [-0.4, -0.2) is 53.7 Å². The normalized spacial score (nSPS) is 20.3. The van der Waals surface area contributed by atoms with Crippen molar-refractivity contribution in [1.29, 1.82) is 0 Å². The van der Waals surface area contributed by atoms with E-state index in [-0.39, 0.29) is 12.7 Å². The number of thiophene rings is 1. The zero-order chi connectivity index (χ0) is 24.1. The maximum Gasteiger partial charge on any atom is 0.254 e. The molecule has 2 aliphatic heterocycles. The van der Waals surface area contributed by atoms with Crippen LogP contribution in [0, 0.1) is 5.92 Å². The summed E-state index contributed by atoms with van der Waals surface area (Å²) in [4.78, 5) is 30.3. The average molecular weight is 493 g/mol. The van der Waals surface area contributed by atoms with Crippen LogP contribution in [0.1, 0.15) is 66.2 Å². The van der Waals surface area contributed by atoms with Crippen molar-refractivity contribution >= 4 is 33.3 Å². The molecule has 3 aromatic rings. The largest absolute Gasteiger partial charge is 0.454 e. The van der Waals surface area contributed by atoms with Crippen LogP contribution in [0.4, 0.5) is 5.82 Å². The summed E-state index contributed by atoms with van der Waals surface area (Å²) in [5.74, 6) is 4.46. The minimum absolute atomic E-state index is 0.0398. The van der Waals surface area contributed by atoms with Crippen molar-refractivity contribution in [3.8, 4) is 11.5 Å². The van der Waals surface area contributed by atoms with Gasteiger partial charge < -0.3 is 19.3 Å². The molecule has 2 atom stereocenters. The van der Waals surface area contributed by atoms with Gasteiger partial charge in [0, 0.05) is 42.5 Å². The number of rotatable bonds is 4. The molecule has 2 aromatic heterocycles. The summed E-state index contributed by atoms with van der Waals surface area (Å²) in [7, 11) is 0. The minimum atomic E-state index is 0.0398. The molecule has 35 heavy (non-hydrogen) atoms. The van der Waals surface area contributed by atoms with Gasteiger partial charge in [0.05, 0.1) is 5.39 Å². The lowest BCUT2D eigenvalue weighted by atomic mass is 9.89. The quantitative estimate of drug-likeness (QED) is 0.509. The third kappa shape index (κ3) is 4.01. The van der Waals surface area contributed by atoms with E-state index in [2.05, 4.69) is 25.7 Å². The highest BCUT2D eigenvalue weighted by atomic mass is 32.1. The van der Waals surface area contributed by atoms with E-state index in [1.807, 2.05) is 28.4 Å². The van der Waals surface area contributed by atoms with Crippen molar-refractivity contribution in [1.82, 2.24) is 14.9 Å². The summed E-state index contributed by atoms with van der Waals surface area (Å²) in [6, 6.07) is 5.44. The van der Waals surface area contributed by atoms with Crippen molar-refractivity contribution in [3.63, 3.8) is 0 Å². The third-order valence-electron chi connectivity index (χ3n) is 7.69. The van der Waals surface area contributed by atoms with E-state index >= 15 is 0 Å². The smallest absolute Gasteiger partial charge is 0.254 e. The van der Waals surface area contributed by atoms with Crippen LogP contribution < -0.4 is 14.4 Å². The SMILES string of the molecule is CC[C@@H](C)c1nc(N2CCN(C(=O)c3ccc4c(c3)OCO4)CC2)c2c3c(sc2n1)C[C@@H](C)CC3. The number of piperazine rings is 1. The number of nitrogens with zero attached hydrogens (tertiary/aromatic N) is 4. The van der Waals surface area contributed by atoms with E-state index in [9.17, 15) is 4.79 Å². The highest BCUT2D eigenvalue weighted by Crippen LogP contribution is 2.42. The van der Waals surface area contributed by atoms with E-state index < -0.39 is 0 Å². The number of ether oxygens (including phenoxy) is 2. The van der Waals surface area contributed by atoms with Crippen molar-refractivity contribution in [2.45, 2.75) is 52.4 Å². The maximum atomic E-state index is 13.2. The molecule has 0 bridgehead atoms. The second kappa shape index (κ2) is 8.97. The summed E-state index contributed by atoms with van der Waals surface area (Å²) in [5, 5.41) is 1.26. The highest BCUT2D eigenvalue weighted by Gasteiger charge is 2.30. The van der Waals surface area contributed by atoms with Gasteiger partial charge in [0.1, 0.15) is 16.5 Å². The molecule has 0 N–H and O–H groups in total. The molecule has 184 valence electrons. The van der Waals surface area contributed by atoms with Gasteiger partial charge in [-0.3, -0.25) is 4.79 Å². The molecule has 1 aliphatic carbocycles. The Balaban J connectivity index is 1.27. The fraction of sp³-hybridized carbons (Fsp3) is 0.519. The number of hydrogen-bond donors (Lipinski definition) is 0. The fourth-order valence-corrected chi connectivity index (χ4v) is 6.69. The lowest BCUT2D eigenvalue weighted by Crippen LogP contribution is -2.49. The zero-order valence-electron chi connectivity index (χ0n) is 20.7. The molecule has 1 aromatic carbocycles. The van der Waals surface area contributed by atoms with E-state index in [1.165, 1.54) is 22.2 Å². The Morgan fingerprint density at radius 1 is 1.17 bits per heavy atom. The van der Waals surface area contributed by atoms with Gasteiger partial charge in [-0.2, -0.15) is 0 Å². The standard InChI is InChI=1S/C27H32N4O3S/c1-4-17(3)24-28-25(23-19-7-5-16(2)13-22(19)35-26(23)29-24)30-9-11-31(12-10-30)27(32)18-6-8-20-21(14-18)34-15-33-20/h6,8,14,16-17H,4-5,7,9-13,15H2,1-3H3/t16-,17+/m0/s1. The Hall–Kier alpha value is -2.87. The Kier molecular flexibility index (Phi) is 5.79. The number of aromatic nitrogens is 2. The van der Waals surface area contributed by atoms with Crippen molar-refractivity contribution in [2.24, 2.45) is 5.92 Å². The molecule has 0 radical (unpaired) electrons. The molecule has 1 saturated heterocycles. The van der Waals surface area contributed by atoms with Crippen LogP contribution in [-0.2, 0) is 12.8 Å². The molecule has 0 unspecified atom stereocenters. The van der Waals surface area contributed by atoms with E-state index in [1.54, 1.807) is 6.07 Å². The summed E-state index contributed by atoms with van der Waals surface area (Å²) in [6.45, 7) is 9.83. The molecule has 1 fully saturated rings. The molecule has 0 spiro atoms. The molecule has 4 heterocycles. The minimum Gasteiger partial charge on any atom is -0.454 e. The van der Waals surface area contributed by atoms with E-state index in [4.69, 9.17) is 19.4 Å². The van der Waals surface area contributed by atoms with Gasteiger partial charge in [0.2, 0.25) is 6.79 Å². The van der Waals surface area contributed by atoms with Gasteiger partial charge in [-0.1, -0.05) is 20.8 Å². The Morgan fingerprint density at radius 2 is 1.97 bits per heavy atom. The first-order chi connectivity index (χ1) is 17.0. The number of amides is 1. The predicted molar refractivity (Wildman–Crippen MR) is 138 cm³/mol. The first kappa shape index (κ1) is 22.6. The van der Waals surface area contributed by atoms with Crippen LogP contribution >= 0.6 is 11.3 Å². The second-order valence-corrected chi connectivity index (χ2v) is 11.2. The Bertz CT molecular complexity index is 1280. The number of fused-ring (bicyclic) bond motifs is 4.